The van der Waals surface area contributed by atoms with Gasteiger partial charge in [-0.15, -0.1) is 0 Å². The molecule has 3 aromatic carbocycles. The minimum absolute atomic E-state index is 1.02. The first-order chi connectivity index (χ1) is 15.4. The molecule has 0 fully saturated rings. The zero-order valence-corrected chi connectivity index (χ0v) is 22.3. The molecule has 0 bridgehead atoms. The molecule has 0 saturated heterocycles. The van der Waals surface area contributed by atoms with Crippen LogP contribution in [-0.2, 0) is 0 Å². The van der Waals surface area contributed by atoms with Gasteiger partial charge < -0.3 is 9.80 Å². The molecule has 0 amide bonds. The van der Waals surface area contributed by atoms with Gasteiger partial charge in [0.05, 0.1) is 0 Å². The average Bonchev–Trinajstić information content (AvgIpc) is 2.78. The van der Waals surface area contributed by atoms with Crippen LogP contribution in [0.4, 0.5) is 11.4 Å². The highest BCUT2D eigenvalue weighted by Crippen LogP contribution is 2.43. The molecule has 0 heterocycles. The van der Waals surface area contributed by atoms with Crippen LogP contribution in [0.5, 0.6) is 0 Å². The van der Waals surface area contributed by atoms with E-state index in [0.717, 1.165) is 30.7 Å². The monoisotopic (exact) mass is 492 g/mol. The summed E-state index contributed by atoms with van der Waals surface area (Å²) < 4.78 is 1.14. The van der Waals surface area contributed by atoms with Crippen LogP contribution in [0.2, 0.25) is 0 Å². The molecule has 0 aromatic heterocycles. The maximum atomic E-state index is 3.89. The topological polar surface area (TPSA) is 6.48 Å². The zero-order chi connectivity index (χ0) is 23.4. The van der Waals surface area contributed by atoms with Crippen molar-refractivity contribution in [3.05, 3.63) is 69.7 Å². The molecule has 0 aliphatic heterocycles. The molecule has 32 heavy (non-hydrogen) atoms. The van der Waals surface area contributed by atoms with E-state index in [1.807, 2.05) is 0 Å². The first-order valence-electron chi connectivity index (χ1n) is 11.9. The first-order valence-corrected chi connectivity index (χ1v) is 12.7. The van der Waals surface area contributed by atoms with Gasteiger partial charge in [0, 0.05) is 47.6 Å². The largest absolute Gasteiger partial charge is 0.372 e. The second kappa shape index (κ2) is 10.6. The number of nitrogens with zero attached hydrogens (tertiary/aromatic N) is 2. The van der Waals surface area contributed by atoms with E-state index in [4.69, 9.17) is 0 Å². The number of halogens is 1. The summed E-state index contributed by atoms with van der Waals surface area (Å²) in [7, 11) is 0. The van der Waals surface area contributed by atoms with Crippen molar-refractivity contribution in [2.75, 3.05) is 36.0 Å². The van der Waals surface area contributed by atoms with Crippen LogP contribution in [0.3, 0.4) is 0 Å². The van der Waals surface area contributed by atoms with E-state index in [2.05, 4.69) is 123 Å². The summed E-state index contributed by atoms with van der Waals surface area (Å²) in [5.74, 6) is 0. The van der Waals surface area contributed by atoms with Crippen LogP contribution in [0.25, 0.3) is 22.3 Å². The Morgan fingerprint density at radius 1 is 0.562 bits per heavy atom. The summed E-state index contributed by atoms with van der Waals surface area (Å²) in [6, 6.07) is 18.2. The maximum Gasteiger partial charge on any atom is 0.0369 e. The van der Waals surface area contributed by atoms with E-state index in [0.29, 0.717) is 0 Å². The first kappa shape index (κ1) is 24.4. The molecule has 0 unspecified atom stereocenters. The summed E-state index contributed by atoms with van der Waals surface area (Å²) >= 11 is 3.89. The van der Waals surface area contributed by atoms with Gasteiger partial charge in [0.2, 0.25) is 0 Å². The minimum Gasteiger partial charge on any atom is -0.372 e. The molecule has 0 N–H and O–H groups in total. The quantitative estimate of drug-likeness (QED) is 0.311. The molecule has 0 aliphatic carbocycles. The standard InChI is InChI=1S/C29H37BrN2/c1-8-31(9-2)23-13-15-25(21(6)18-23)28-20(5)12-17-27(30)29(28)26-16-14-24(19-22(26)7)32(10-3)11-4/h12-19H,8-11H2,1-7H3. The van der Waals surface area contributed by atoms with Crippen molar-refractivity contribution >= 4 is 27.3 Å². The summed E-state index contributed by atoms with van der Waals surface area (Å²) in [5, 5.41) is 0. The average molecular weight is 494 g/mol. The molecule has 0 atom stereocenters. The van der Waals surface area contributed by atoms with Gasteiger partial charge >= 0.3 is 0 Å². The van der Waals surface area contributed by atoms with Gasteiger partial charge in [0.15, 0.2) is 0 Å². The third-order valence-electron chi connectivity index (χ3n) is 6.58. The number of benzene rings is 3. The molecule has 3 rings (SSSR count). The van der Waals surface area contributed by atoms with Gasteiger partial charge in [-0.25, -0.2) is 0 Å². The molecular formula is C29H37BrN2. The van der Waals surface area contributed by atoms with E-state index in [1.54, 1.807) is 0 Å². The highest BCUT2D eigenvalue weighted by atomic mass is 79.9. The fourth-order valence-corrected chi connectivity index (χ4v) is 5.26. The lowest BCUT2D eigenvalue weighted by atomic mass is 9.87. The Balaban J connectivity index is 2.19. The van der Waals surface area contributed by atoms with Crippen molar-refractivity contribution in [2.24, 2.45) is 0 Å². The van der Waals surface area contributed by atoms with E-state index >= 15 is 0 Å². The molecular weight excluding hydrogens is 456 g/mol. The number of hydrogen-bond acceptors (Lipinski definition) is 2. The summed E-state index contributed by atoms with van der Waals surface area (Å²) in [4.78, 5) is 4.81. The van der Waals surface area contributed by atoms with E-state index in [-0.39, 0.29) is 0 Å². The summed E-state index contributed by atoms with van der Waals surface area (Å²) in [5.41, 5.74) is 11.7. The Hall–Kier alpha value is -2.26. The Labute approximate surface area is 203 Å². The molecule has 0 aliphatic rings. The predicted octanol–water partition coefficient (Wildman–Crippen LogP) is 8.40. The highest BCUT2D eigenvalue weighted by Gasteiger charge is 2.18. The van der Waals surface area contributed by atoms with E-state index in [9.17, 15) is 0 Å². The van der Waals surface area contributed by atoms with Gasteiger partial charge in [0.1, 0.15) is 0 Å². The smallest absolute Gasteiger partial charge is 0.0369 e. The Kier molecular flexibility index (Phi) is 8.05. The molecule has 0 spiro atoms. The van der Waals surface area contributed by atoms with Crippen LogP contribution in [0, 0.1) is 20.8 Å². The summed E-state index contributed by atoms with van der Waals surface area (Å²) in [6.07, 6.45) is 0. The molecule has 0 radical (unpaired) electrons. The van der Waals surface area contributed by atoms with Gasteiger partial charge in [-0.2, -0.15) is 0 Å². The highest BCUT2D eigenvalue weighted by molar-refractivity contribution is 9.10. The fourth-order valence-electron chi connectivity index (χ4n) is 4.72. The second-order valence-electron chi connectivity index (χ2n) is 8.46. The zero-order valence-electron chi connectivity index (χ0n) is 20.7. The lowest BCUT2D eigenvalue weighted by molar-refractivity contribution is 0.865. The van der Waals surface area contributed by atoms with Gasteiger partial charge in [-0.3, -0.25) is 0 Å². The van der Waals surface area contributed by atoms with Crippen molar-refractivity contribution in [1.82, 2.24) is 0 Å². The predicted molar refractivity (Wildman–Crippen MR) is 146 cm³/mol. The van der Waals surface area contributed by atoms with Crippen molar-refractivity contribution < 1.29 is 0 Å². The molecule has 2 nitrogen and oxygen atoms in total. The van der Waals surface area contributed by atoms with Crippen LogP contribution >= 0.6 is 15.9 Å². The SMILES string of the molecule is CCN(CC)c1ccc(-c2c(C)ccc(Br)c2-c2ccc(N(CC)CC)cc2C)c(C)c1. The van der Waals surface area contributed by atoms with Crippen molar-refractivity contribution in [3.8, 4) is 22.3 Å². The van der Waals surface area contributed by atoms with Crippen LogP contribution < -0.4 is 9.80 Å². The Bertz CT molecular complexity index is 992. The van der Waals surface area contributed by atoms with Crippen LogP contribution in [0.1, 0.15) is 44.4 Å². The second-order valence-corrected chi connectivity index (χ2v) is 9.31. The van der Waals surface area contributed by atoms with E-state index < -0.39 is 0 Å². The van der Waals surface area contributed by atoms with Crippen LogP contribution in [-0.4, -0.2) is 26.2 Å². The molecule has 0 saturated carbocycles. The molecule has 170 valence electrons. The summed E-state index contributed by atoms with van der Waals surface area (Å²) in [6.45, 7) is 19.6. The lowest BCUT2D eigenvalue weighted by Crippen LogP contribution is -2.21. The van der Waals surface area contributed by atoms with Crippen molar-refractivity contribution in [1.29, 1.82) is 0 Å². The number of hydrogen-bond donors (Lipinski definition) is 0. The third-order valence-corrected chi connectivity index (χ3v) is 7.24. The molecule has 3 aromatic rings. The van der Waals surface area contributed by atoms with E-state index in [1.165, 1.54) is 50.3 Å². The van der Waals surface area contributed by atoms with Crippen molar-refractivity contribution in [2.45, 2.75) is 48.5 Å². The maximum absolute atomic E-state index is 3.89. The fraction of sp³-hybridized carbons (Fsp3) is 0.379. The van der Waals surface area contributed by atoms with Crippen molar-refractivity contribution in [3.63, 3.8) is 0 Å². The minimum atomic E-state index is 1.02. The molecule has 3 heteroatoms. The number of rotatable bonds is 8. The Morgan fingerprint density at radius 3 is 1.41 bits per heavy atom. The third kappa shape index (κ3) is 4.73. The van der Waals surface area contributed by atoms with Gasteiger partial charge in [-0.1, -0.05) is 34.1 Å². The number of anilines is 2. The van der Waals surface area contributed by atoms with Crippen LogP contribution in [0.15, 0.2) is 53.0 Å². The number of aryl methyl sites for hydroxylation is 3. The lowest BCUT2D eigenvalue weighted by Gasteiger charge is -2.25. The van der Waals surface area contributed by atoms with Gasteiger partial charge in [0.25, 0.3) is 0 Å². The van der Waals surface area contributed by atoms with Gasteiger partial charge in [-0.05, 0) is 112 Å². The Morgan fingerprint density at radius 2 is 1.00 bits per heavy atom. The normalized spacial score (nSPS) is 11.0.